The monoisotopic (exact) mass is 483 g/mol. The Labute approximate surface area is 189 Å². The molecule has 3 aromatic rings. The van der Waals surface area contributed by atoms with E-state index in [1.165, 1.54) is 49.4 Å². The first kappa shape index (κ1) is 24.1. The first-order chi connectivity index (χ1) is 15.5. The number of hydrogen-bond donors (Lipinski definition) is 0. The molecule has 0 spiro atoms. The molecule has 3 rings (SSSR count). The molecule has 1 heterocycles. The van der Waals surface area contributed by atoms with Crippen LogP contribution in [0.5, 0.6) is 5.75 Å². The zero-order valence-corrected chi connectivity index (χ0v) is 18.0. The summed E-state index contributed by atoms with van der Waals surface area (Å²) in [5, 5.41) is 11.6. The molecule has 0 saturated heterocycles. The van der Waals surface area contributed by atoms with Crippen LogP contribution in [0, 0.1) is 22.9 Å². The predicted octanol–water partition coefficient (Wildman–Crippen LogP) is 5.28. The molecule has 0 unspecified atom stereocenters. The summed E-state index contributed by atoms with van der Waals surface area (Å²) in [5.41, 5.74) is -0.202. The van der Waals surface area contributed by atoms with Gasteiger partial charge in [-0.3, -0.25) is 14.9 Å². The second-order valence-electron chi connectivity index (χ2n) is 6.93. The van der Waals surface area contributed by atoms with Gasteiger partial charge in [0.2, 0.25) is 0 Å². The van der Waals surface area contributed by atoms with Crippen molar-refractivity contribution < 1.29 is 32.0 Å². The van der Waals surface area contributed by atoms with Gasteiger partial charge in [-0.1, -0.05) is 18.2 Å². The van der Waals surface area contributed by atoms with E-state index < -0.39 is 35.9 Å². The Bertz CT molecular complexity index is 1150. The molecule has 0 atom stereocenters. The van der Waals surface area contributed by atoms with E-state index in [0.29, 0.717) is 15.7 Å². The zero-order valence-electron chi connectivity index (χ0n) is 17.1. The highest BCUT2D eigenvalue weighted by Gasteiger charge is 2.35. The fraction of sp³-hybridized carbons (Fsp3) is 0.238. The van der Waals surface area contributed by atoms with Gasteiger partial charge < -0.3 is 9.64 Å². The molecule has 1 aromatic heterocycles. The quantitative estimate of drug-likeness (QED) is 0.247. The number of thiazole rings is 1. The predicted molar refractivity (Wildman–Crippen MR) is 111 cm³/mol. The van der Waals surface area contributed by atoms with Crippen molar-refractivity contribution in [3.05, 3.63) is 85.6 Å². The summed E-state index contributed by atoms with van der Waals surface area (Å²) in [6.45, 7) is -0.791. The van der Waals surface area contributed by atoms with Gasteiger partial charge in [-0.25, -0.2) is 9.37 Å². The van der Waals surface area contributed by atoms with Gasteiger partial charge >= 0.3 is 6.18 Å². The van der Waals surface area contributed by atoms with Crippen molar-refractivity contribution in [3.63, 3.8) is 0 Å². The standard InChI is InChI=1S/C21H17F4N3O4S/c1-13-19(33-18(26-13)11-32-16-8-6-15(22)7-9-16)20(29)27(12-21(23,24)25)10-14-4-2-3-5-17(14)28(30)31/h2-9H,10-12H2,1H3. The molecule has 0 N–H and O–H groups in total. The van der Waals surface area contributed by atoms with Gasteiger partial charge in [0.1, 0.15) is 34.6 Å². The molecule has 1 amide bonds. The number of aromatic nitrogens is 1. The summed E-state index contributed by atoms with van der Waals surface area (Å²) in [5.74, 6) is -1.04. The second-order valence-corrected chi connectivity index (χ2v) is 8.01. The summed E-state index contributed by atoms with van der Waals surface area (Å²) >= 11 is 0.863. The number of nitro benzene ring substituents is 1. The normalized spacial score (nSPS) is 11.3. The lowest BCUT2D eigenvalue weighted by molar-refractivity contribution is -0.385. The van der Waals surface area contributed by atoms with Crippen molar-refractivity contribution in [2.75, 3.05) is 6.54 Å². The van der Waals surface area contributed by atoms with Crippen molar-refractivity contribution in [1.29, 1.82) is 0 Å². The number of aryl methyl sites for hydroxylation is 1. The number of hydrogen-bond acceptors (Lipinski definition) is 6. The minimum absolute atomic E-state index is 0.0258. The SMILES string of the molecule is Cc1nc(COc2ccc(F)cc2)sc1C(=O)N(Cc1ccccc1[N+](=O)[O-])CC(F)(F)F. The van der Waals surface area contributed by atoms with E-state index in [0.717, 1.165) is 17.4 Å². The third-order valence-corrected chi connectivity index (χ3v) is 5.54. The molecule has 2 aromatic carbocycles. The third-order valence-electron chi connectivity index (χ3n) is 4.42. The summed E-state index contributed by atoms with van der Waals surface area (Å²) in [6.07, 6.45) is -4.72. The van der Waals surface area contributed by atoms with Crippen LogP contribution in [0.1, 0.15) is 25.9 Å². The van der Waals surface area contributed by atoms with Crippen molar-refractivity contribution in [3.8, 4) is 5.75 Å². The molecule has 0 aliphatic heterocycles. The molecule has 33 heavy (non-hydrogen) atoms. The maximum atomic E-state index is 13.2. The number of halogens is 4. The molecule has 12 heteroatoms. The minimum atomic E-state index is -4.72. The highest BCUT2D eigenvalue weighted by Crippen LogP contribution is 2.27. The van der Waals surface area contributed by atoms with Crippen LogP contribution in [0.25, 0.3) is 0 Å². The minimum Gasteiger partial charge on any atom is -0.486 e. The van der Waals surface area contributed by atoms with E-state index in [1.54, 1.807) is 0 Å². The van der Waals surface area contributed by atoms with Crippen molar-refractivity contribution in [2.45, 2.75) is 26.3 Å². The molecule has 0 fully saturated rings. The number of alkyl halides is 3. The number of carbonyl (C=O) groups is 1. The molecule has 7 nitrogen and oxygen atoms in total. The first-order valence-electron chi connectivity index (χ1n) is 9.46. The van der Waals surface area contributed by atoms with E-state index in [2.05, 4.69) is 4.98 Å². The Balaban J connectivity index is 1.82. The highest BCUT2D eigenvalue weighted by molar-refractivity contribution is 7.13. The van der Waals surface area contributed by atoms with Crippen LogP contribution >= 0.6 is 11.3 Å². The van der Waals surface area contributed by atoms with E-state index in [4.69, 9.17) is 4.74 Å². The number of nitrogens with zero attached hydrogens (tertiary/aromatic N) is 3. The summed E-state index contributed by atoms with van der Waals surface area (Å²) in [6, 6.07) is 10.5. The molecule has 0 radical (unpaired) electrons. The van der Waals surface area contributed by atoms with Crippen LogP contribution in [0.2, 0.25) is 0 Å². The van der Waals surface area contributed by atoms with Crippen molar-refractivity contribution in [2.24, 2.45) is 0 Å². The van der Waals surface area contributed by atoms with Crippen LogP contribution in [0.4, 0.5) is 23.2 Å². The molecule has 0 bridgehead atoms. The Morgan fingerprint density at radius 2 is 1.85 bits per heavy atom. The third kappa shape index (κ3) is 6.48. The van der Waals surface area contributed by atoms with Gasteiger partial charge in [0.05, 0.1) is 17.2 Å². The second kappa shape index (κ2) is 9.94. The van der Waals surface area contributed by atoms with E-state index in [-0.39, 0.29) is 28.4 Å². The maximum absolute atomic E-state index is 13.2. The van der Waals surface area contributed by atoms with E-state index >= 15 is 0 Å². The van der Waals surface area contributed by atoms with Crippen LogP contribution in [0.3, 0.4) is 0 Å². The lowest BCUT2D eigenvalue weighted by Gasteiger charge is -2.23. The van der Waals surface area contributed by atoms with Crippen LogP contribution in [-0.2, 0) is 13.2 Å². The molecule has 0 aliphatic rings. The fourth-order valence-electron chi connectivity index (χ4n) is 2.98. The lowest BCUT2D eigenvalue weighted by Crippen LogP contribution is -2.38. The lowest BCUT2D eigenvalue weighted by atomic mass is 10.1. The Morgan fingerprint density at radius 3 is 2.48 bits per heavy atom. The molecule has 174 valence electrons. The number of rotatable bonds is 8. The maximum Gasteiger partial charge on any atom is 0.406 e. The highest BCUT2D eigenvalue weighted by atomic mass is 32.1. The molecular formula is C21H17F4N3O4S. The Kier molecular flexibility index (Phi) is 7.26. The van der Waals surface area contributed by atoms with E-state index in [1.807, 2.05) is 0 Å². The Morgan fingerprint density at radius 1 is 1.18 bits per heavy atom. The van der Waals surface area contributed by atoms with Gasteiger partial charge in [0.25, 0.3) is 11.6 Å². The Hall–Kier alpha value is -3.54. The van der Waals surface area contributed by atoms with Crippen LogP contribution < -0.4 is 4.74 Å². The van der Waals surface area contributed by atoms with Crippen LogP contribution in [-0.4, -0.2) is 33.4 Å². The van der Waals surface area contributed by atoms with Gasteiger partial charge in [0.15, 0.2) is 0 Å². The average molecular weight is 483 g/mol. The zero-order chi connectivity index (χ0) is 24.2. The van der Waals surface area contributed by atoms with E-state index in [9.17, 15) is 32.5 Å². The number of para-hydroxylation sites is 1. The molecule has 0 aliphatic carbocycles. The van der Waals surface area contributed by atoms with Gasteiger partial charge in [-0.05, 0) is 31.2 Å². The van der Waals surface area contributed by atoms with Gasteiger partial charge in [-0.2, -0.15) is 13.2 Å². The van der Waals surface area contributed by atoms with Gasteiger partial charge in [0, 0.05) is 11.6 Å². The number of ether oxygens (including phenoxy) is 1. The van der Waals surface area contributed by atoms with Crippen LogP contribution in [0.15, 0.2) is 48.5 Å². The summed E-state index contributed by atoms with van der Waals surface area (Å²) in [4.78, 5) is 28.2. The van der Waals surface area contributed by atoms with Gasteiger partial charge in [-0.15, -0.1) is 11.3 Å². The average Bonchev–Trinajstić information content (AvgIpc) is 3.12. The molecule has 0 saturated carbocycles. The fourth-order valence-corrected chi connectivity index (χ4v) is 3.92. The number of nitro groups is 1. The summed E-state index contributed by atoms with van der Waals surface area (Å²) in [7, 11) is 0. The number of carbonyl (C=O) groups excluding carboxylic acids is 1. The largest absolute Gasteiger partial charge is 0.486 e. The number of benzene rings is 2. The topological polar surface area (TPSA) is 85.6 Å². The number of amides is 1. The smallest absolute Gasteiger partial charge is 0.406 e. The first-order valence-corrected chi connectivity index (χ1v) is 10.3. The van der Waals surface area contributed by atoms with Crippen molar-refractivity contribution in [1.82, 2.24) is 9.88 Å². The summed E-state index contributed by atoms with van der Waals surface area (Å²) < 4.78 is 58.1. The molecular weight excluding hydrogens is 466 g/mol. The van der Waals surface area contributed by atoms with Crippen molar-refractivity contribution >= 4 is 22.9 Å².